The van der Waals surface area contributed by atoms with Crippen molar-refractivity contribution in [3.63, 3.8) is 0 Å². The highest BCUT2D eigenvalue weighted by atomic mass is 14.9. The highest BCUT2D eigenvalue weighted by Gasteiger charge is 2.19. The molecule has 1 fully saturated rings. The number of hydrogen-bond acceptors (Lipinski definition) is 2. The van der Waals surface area contributed by atoms with Crippen LogP contribution in [-0.2, 0) is 0 Å². The Morgan fingerprint density at radius 2 is 2.00 bits per heavy atom. The van der Waals surface area contributed by atoms with Crippen LogP contribution in [0.4, 0.5) is 0 Å². The minimum atomic E-state index is 0.439. The zero-order valence-electron chi connectivity index (χ0n) is 13.0. The fourth-order valence-corrected chi connectivity index (χ4v) is 3.73. The van der Waals surface area contributed by atoms with Gasteiger partial charge in [-0.3, -0.25) is 4.98 Å². The summed E-state index contributed by atoms with van der Waals surface area (Å²) in [5, 5.41) is 6.28. The molecule has 1 aliphatic rings. The predicted octanol–water partition coefficient (Wildman–Crippen LogP) is 4.86. The van der Waals surface area contributed by atoms with Gasteiger partial charge in [0.05, 0.1) is 0 Å². The van der Waals surface area contributed by atoms with Crippen molar-refractivity contribution in [2.75, 3.05) is 6.54 Å². The summed E-state index contributed by atoms with van der Waals surface area (Å²) in [6, 6.07) is 9.05. The van der Waals surface area contributed by atoms with E-state index in [9.17, 15) is 0 Å². The summed E-state index contributed by atoms with van der Waals surface area (Å²) >= 11 is 0. The first-order valence-corrected chi connectivity index (χ1v) is 8.44. The lowest BCUT2D eigenvalue weighted by molar-refractivity contribution is 0.418. The summed E-state index contributed by atoms with van der Waals surface area (Å²) in [4.78, 5) is 4.46. The second kappa shape index (κ2) is 7.04. The fourth-order valence-electron chi connectivity index (χ4n) is 3.73. The van der Waals surface area contributed by atoms with E-state index in [1.807, 2.05) is 6.20 Å². The van der Waals surface area contributed by atoms with Crippen LogP contribution in [0.25, 0.3) is 10.8 Å². The Morgan fingerprint density at radius 1 is 1.19 bits per heavy atom. The molecular weight excluding hydrogens is 256 g/mol. The Hall–Kier alpha value is -1.41. The molecule has 1 atom stereocenters. The van der Waals surface area contributed by atoms with Gasteiger partial charge in [0.2, 0.25) is 0 Å². The standard InChI is InChI=1S/C19H26N2/c1-2-21-19(12-11-15-7-3-4-8-15)18-14-20-13-16-9-5-6-10-17(16)18/h5-6,9-10,13-15,19,21H,2-4,7-8,11-12H2,1H3. The van der Waals surface area contributed by atoms with Crippen LogP contribution in [0.1, 0.15) is 57.1 Å². The number of nitrogens with zero attached hydrogens (tertiary/aromatic N) is 1. The Morgan fingerprint density at radius 3 is 2.81 bits per heavy atom. The van der Waals surface area contributed by atoms with Gasteiger partial charge in [-0.1, -0.05) is 56.9 Å². The van der Waals surface area contributed by atoms with Gasteiger partial charge in [-0.25, -0.2) is 0 Å². The smallest absolute Gasteiger partial charge is 0.0346 e. The number of aromatic nitrogens is 1. The van der Waals surface area contributed by atoms with Gasteiger partial charge in [-0.05, 0) is 36.3 Å². The molecule has 112 valence electrons. The zero-order valence-corrected chi connectivity index (χ0v) is 13.0. The Kier molecular flexibility index (Phi) is 4.87. The maximum absolute atomic E-state index is 4.46. The molecular formula is C19H26N2. The monoisotopic (exact) mass is 282 g/mol. The van der Waals surface area contributed by atoms with Crippen LogP contribution < -0.4 is 5.32 Å². The van der Waals surface area contributed by atoms with Crippen LogP contribution in [-0.4, -0.2) is 11.5 Å². The quantitative estimate of drug-likeness (QED) is 0.818. The maximum Gasteiger partial charge on any atom is 0.0346 e. The average molecular weight is 282 g/mol. The second-order valence-electron chi connectivity index (χ2n) is 6.29. The van der Waals surface area contributed by atoms with E-state index in [1.165, 1.54) is 54.9 Å². The van der Waals surface area contributed by atoms with E-state index in [-0.39, 0.29) is 0 Å². The first-order valence-electron chi connectivity index (χ1n) is 8.44. The lowest BCUT2D eigenvalue weighted by Gasteiger charge is -2.21. The van der Waals surface area contributed by atoms with E-state index < -0.39 is 0 Å². The van der Waals surface area contributed by atoms with Crippen LogP contribution in [0.3, 0.4) is 0 Å². The number of pyridine rings is 1. The van der Waals surface area contributed by atoms with E-state index in [4.69, 9.17) is 0 Å². The first kappa shape index (κ1) is 14.5. The predicted molar refractivity (Wildman–Crippen MR) is 89.4 cm³/mol. The van der Waals surface area contributed by atoms with E-state index in [0.29, 0.717) is 6.04 Å². The van der Waals surface area contributed by atoms with Gasteiger partial charge in [0.25, 0.3) is 0 Å². The Labute approximate surface area is 128 Å². The molecule has 1 heterocycles. The van der Waals surface area contributed by atoms with Crippen LogP contribution in [0, 0.1) is 5.92 Å². The van der Waals surface area contributed by atoms with Crippen LogP contribution in [0.15, 0.2) is 36.7 Å². The SMILES string of the molecule is CCNC(CCC1CCCC1)c1cncc2ccccc12. The fraction of sp³-hybridized carbons (Fsp3) is 0.526. The van der Waals surface area contributed by atoms with Crippen molar-refractivity contribution >= 4 is 10.8 Å². The Bertz CT molecular complexity index is 567. The number of hydrogen-bond donors (Lipinski definition) is 1. The van der Waals surface area contributed by atoms with Crippen LogP contribution in [0.5, 0.6) is 0 Å². The van der Waals surface area contributed by atoms with Gasteiger partial charge < -0.3 is 5.32 Å². The van der Waals surface area contributed by atoms with Gasteiger partial charge in [-0.2, -0.15) is 0 Å². The number of nitrogens with one attached hydrogen (secondary N) is 1. The highest BCUT2D eigenvalue weighted by Crippen LogP contribution is 2.33. The normalized spacial score (nSPS) is 17.4. The van der Waals surface area contributed by atoms with Gasteiger partial charge in [-0.15, -0.1) is 0 Å². The van der Waals surface area contributed by atoms with E-state index in [0.717, 1.165) is 12.5 Å². The summed E-state index contributed by atoms with van der Waals surface area (Å²) in [5.74, 6) is 0.953. The summed E-state index contributed by atoms with van der Waals surface area (Å²) in [6.07, 6.45) is 12.4. The molecule has 1 N–H and O–H groups in total. The van der Waals surface area contributed by atoms with Crippen molar-refractivity contribution in [2.24, 2.45) is 5.92 Å². The minimum absolute atomic E-state index is 0.439. The van der Waals surface area contributed by atoms with Gasteiger partial charge in [0, 0.05) is 23.8 Å². The van der Waals surface area contributed by atoms with Crippen molar-refractivity contribution < 1.29 is 0 Å². The van der Waals surface area contributed by atoms with Crippen molar-refractivity contribution in [3.05, 3.63) is 42.2 Å². The van der Waals surface area contributed by atoms with Gasteiger partial charge >= 0.3 is 0 Å². The van der Waals surface area contributed by atoms with Gasteiger partial charge in [0.1, 0.15) is 0 Å². The van der Waals surface area contributed by atoms with Crippen LogP contribution >= 0.6 is 0 Å². The van der Waals surface area contributed by atoms with E-state index in [1.54, 1.807) is 0 Å². The topological polar surface area (TPSA) is 24.9 Å². The third kappa shape index (κ3) is 3.44. The van der Waals surface area contributed by atoms with E-state index in [2.05, 4.69) is 47.7 Å². The molecule has 0 radical (unpaired) electrons. The molecule has 1 saturated carbocycles. The largest absolute Gasteiger partial charge is 0.310 e. The number of fused-ring (bicyclic) bond motifs is 1. The molecule has 0 saturated heterocycles. The highest BCUT2D eigenvalue weighted by molar-refractivity contribution is 5.85. The lowest BCUT2D eigenvalue weighted by atomic mass is 9.93. The molecule has 2 nitrogen and oxygen atoms in total. The van der Waals surface area contributed by atoms with Crippen molar-refractivity contribution in [2.45, 2.75) is 51.5 Å². The molecule has 1 unspecified atom stereocenters. The van der Waals surface area contributed by atoms with Crippen molar-refractivity contribution in [1.29, 1.82) is 0 Å². The molecule has 1 aromatic heterocycles. The number of rotatable bonds is 6. The maximum atomic E-state index is 4.46. The molecule has 21 heavy (non-hydrogen) atoms. The molecule has 0 amide bonds. The van der Waals surface area contributed by atoms with Crippen LogP contribution in [0.2, 0.25) is 0 Å². The van der Waals surface area contributed by atoms with Crippen molar-refractivity contribution in [1.82, 2.24) is 10.3 Å². The lowest BCUT2D eigenvalue weighted by Crippen LogP contribution is -2.22. The molecule has 0 spiro atoms. The molecule has 2 aromatic rings. The van der Waals surface area contributed by atoms with E-state index >= 15 is 0 Å². The summed E-state index contributed by atoms with van der Waals surface area (Å²) in [6.45, 7) is 3.21. The second-order valence-corrected chi connectivity index (χ2v) is 6.29. The minimum Gasteiger partial charge on any atom is -0.310 e. The zero-order chi connectivity index (χ0) is 14.5. The molecule has 0 aliphatic heterocycles. The average Bonchev–Trinajstić information content (AvgIpc) is 3.04. The first-order chi connectivity index (χ1) is 10.4. The number of benzene rings is 1. The molecule has 1 aromatic carbocycles. The van der Waals surface area contributed by atoms with Gasteiger partial charge in [0.15, 0.2) is 0 Å². The molecule has 0 bridgehead atoms. The summed E-state index contributed by atoms with van der Waals surface area (Å²) < 4.78 is 0. The molecule has 3 rings (SSSR count). The third-order valence-corrected chi connectivity index (χ3v) is 4.86. The summed E-state index contributed by atoms with van der Waals surface area (Å²) in [7, 11) is 0. The third-order valence-electron chi connectivity index (χ3n) is 4.86. The van der Waals surface area contributed by atoms with Crippen molar-refractivity contribution in [3.8, 4) is 0 Å². The summed E-state index contributed by atoms with van der Waals surface area (Å²) in [5.41, 5.74) is 1.37. The Balaban J connectivity index is 1.80. The molecule has 1 aliphatic carbocycles. The molecule has 2 heteroatoms.